The Bertz CT molecular complexity index is 352. The Hall–Kier alpha value is -1.25. The summed E-state index contributed by atoms with van der Waals surface area (Å²) in [5.41, 5.74) is 0. The lowest BCUT2D eigenvalue weighted by molar-refractivity contribution is -0.132. The van der Waals surface area contributed by atoms with Crippen molar-refractivity contribution in [3.05, 3.63) is 23.7 Å². The van der Waals surface area contributed by atoms with Gasteiger partial charge in [-0.25, -0.2) is 0 Å². The summed E-state index contributed by atoms with van der Waals surface area (Å²) < 4.78 is 5.49. The number of nitrogens with zero attached hydrogens (tertiary/aromatic N) is 1. The molecule has 0 aromatic carbocycles. The Morgan fingerprint density at radius 3 is 2.73 bits per heavy atom. The van der Waals surface area contributed by atoms with Crippen LogP contribution in [0.25, 0.3) is 0 Å². The van der Waals surface area contributed by atoms with Crippen molar-refractivity contribution in [2.45, 2.75) is 45.7 Å². The van der Waals surface area contributed by atoms with E-state index in [2.05, 4.69) is 0 Å². The molecule has 3 nitrogen and oxygen atoms in total. The van der Waals surface area contributed by atoms with Gasteiger partial charge in [0.25, 0.3) is 0 Å². The summed E-state index contributed by atoms with van der Waals surface area (Å²) in [7, 11) is 0. The molecule has 1 aliphatic rings. The molecule has 0 N–H and O–H groups in total. The molecule has 3 heteroatoms. The molecule has 0 unspecified atom stereocenters. The fourth-order valence-electron chi connectivity index (χ4n) is 1.75. The van der Waals surface area contributed by atoms with Gasteiger partial charge < -0.3 is 9.32 Å². The predicted octanol–water partition coefficient (Wildman–Crippen LogP) is 2.49. The Labute approximate surface area is 90.1 Å². The van der Waals surface area contributed by atoms with E-state index >= 15 is 0 Å². The number of hydrogen-bond acceptors (Lipinski definition) is 2. The quantitative estimate of drug-likeness (QED) is 0.760. The zero-order valence-electron chi connectivity index (χ0n) is 9.32. The molecule has 1 aromatic rings. The van der Waals surface area contributed by atoms with Gasteiger partial charge in [-0.1, -0.05) is 6.92 Å². The average molecular weight is 207 g/mol. The molecule has 1 aliphatic carbocycles. The molecular weight excluding hydrogens is 190 g/mol. The van der Waals surface area contributed by atoms with E-state index in [1.54, 1.807) is 0 Å². The van der Waals surface area contributed by atoms with E-state index < -0.39 is 0 Å². The minimum absolute atomic E-state index is 0.228. The zero-order valence-corrected chi connectivity index (χ0v) is 9.32. The maximum Gasteiger partial charge on any atom is 0.222 e. The molecule has 1 heterocycles. The number of carbonyl (C=O) groups excluding carboxylic acids is 1. The van der Waals surface area contributed by atoms with Crippen LogP contribution < -0.4 is 0 Å². The van der Waals surface area contributed by atoms with Crippen molar-refractivity contribution < 1.29 is 9.21 Å². The van der Waals surface area contributed by atoms with Crippen LogP contribution in [0, 0.1) is 6.92 Å². The summed E-state index contributed by atoms with van der Waals surface area (Å²) in [5.74, 6) is 2.03. The van der Waals surface area contributed by atoms with Crippen molar-refractivity contribution in [3.63, 3.8) is 0 Å². The van der Waals surface area contributed by atoms with Gasteiger partial charge in [0.05, 0.1) is 6.54 Å². The van der Waals surface area contributed by atoms with Gasteiger partial charge in [0.1, 0.15) is 11.5 Å². The van der Waals surface area contributed by atoms with Crippen LogP contribution in [0.4, 0.5) is 0 Å². The maximum atomic E-state index is 11.7. The normalized spacial score (nSPS) is 15.3. The Balaban J connectivity index is 2.03. The highest BCUT2D eigenvalue weighted by atomic mass is 16.3. The highest BCUT2D eigenvalue weighted by Gasteiger charge is 2.32. The lowest BCUT2D eigenvalue weighted by atomic mass is 10.3. The van der Waals surface area contributed by atoms with Crippen LogP contribution in [0.2, 0.25) is 0 Å². The van der Waals surface area contributed by atoms with Crippen molar-refractivity contribution in [2.24, 2.45) is 0 Å². The van der Waals surface area contributed by atoms with E-state index in [1.165, 1.54) is 0 Å². The molecule has 0 saturated heterocycles. The molecule has 1 fully saturated rings. The van der Waals surface area contributed by atoms with E-state index in [4.69, 9.17) is 4.42 Å². The highest BCUT2D eigenvalue weighted by Crippen LogP contribution is 2.29. The van der Waals surface area contributed by atoms with E-state index in [0.29, 0.717) is 19.0 Å². The first-order chi connectivity index (χ1) is 7.20. The molecule has 15 heavy (non-hydrogen) atoms. The summed E-state index contributed by atoms with van der Waals surface area (Å²) in [4.78, 5) is 13.6. The van der Waals surface area contributed by atoms with E-state index in [9.17, 15) is 4.79 Å². The molecule has 0 atom stereocenters. The second-order valence-corrected chi connectivity index (χ2v) is 4.12. The lowest BCUT2D eigenvalue weighted by Crippen LogP contribution is -2.31. The van der Waals surface area contributed by atoms with Gasteiger partial charge in [-0.3, -0.25) is 4.79 Å². The number of rotatable bonds is 4. The standard InChI is InChI=1S/C12H17NO2/c1-3-12(14)13(10-5-6-10)8-11-7-4-9(2)15-11/h4,7,10H,3,5-6,8H2,1-2H3. The molecule has 1 saturated carbocycles. The molecule has 0 bridgehead atoms. The van der Waals surface area contributed by atoms with Gasteiger partial charge >= 0.3 is 0 Å². The van der Waals surface area contributed by atoms with Gasteiger partial charge in [-0.2, -0.15) is 0 Å². The molecular formula is C12H17NO2. The second-order valence-electron chi connectivity index (χ2n) is 4.12. The monoisotopic (exact) mass is 207 g/mol. The van der Waals surface area contributed by atoms with E-state index in [0.717, 1.165) is 24.4 Å². The Morgan fingerprint density at radius 1 is 1.53 bits per heavy atom. The summed E-state index contributed by atoms with van der Waals surface area (Å²) >= 11 is 0. The van der Waals surface area contributed by atoms with Crippen LogP contribution >= 0.6 is 0 Å². The maximum absolute atomic E-state index is 11.7. The van der Waals surface area contributed by atoms with Crippen LogP contribution in [-0.4, -0.2) is 16.8 Å². The molecule has 1 amide bonds. The van der Waals surface area contributed by atoms with Crippen molar-refractivity contribution in [1.82, 2.24) is 4.90 Å². The average Bonchev–Trinajstić information content (AvgIpc) is 2.98. The van der Waals surface area contributed by atoms with Gasteiger partial charge in [0.2, 0.25) is 5.91 Å². The van der Waals surface area contributed by atoms with Crippen LogP contribution in [0.15, 0.2) is 16.5 Å². The number of furan rings is 1. The molecule has 1 aromatic heterocycles. The zero-order chi connectivity index (χ0) is 10.8. The number of aryl methyl sites for hydroxylation is 1. The SMILES string of the molecule is CCC(=O)N(Cc1ccc(C)o1)C1CC1. The topological polar surface area (TPSA) is 33.5 Å². The first-order valence-corrected chi connectivity index (χ1v) is 5.55. The van der Waals surface area contributed by atoms with E-state index in [1.807, 2.05) is 30.9 Å². The largest absolute Gasteiger partial charge is 0.464 e. The fraction of sp³-hybridized carbons (Fsp3) is 0.583. The molecule has 0 radical (unpaired) electrons. The third-order valence-corrected chi connectivity index (χ3v) is 2.73. The molecule has 0 spiro atoms. The third-order valence-electron chi connectivity index (χ3n) is 2.73. The highest BCUT2D eigenvalue weighted by molar-refractivity contribution is 5.76. The van der Waals surface area contributed by atoms with Crippen LogP contribution in [0.1, 0.15) is 37.7 Å². The Kier molecular flexibility index (Phi) is 2.80. The number of amides is 1. The minimum atomic E-state index is 0.228. The first kappa shape index (κ1) is 10.3. The van der Waals surface area contributed by atoms with Crippen molar-refractivity contribution in [1.29, 1.82) is 0 Å². The van der Waals surface area contributed by atoms with Crippen LogP contribution in [0.3, 0.4) is 0 Å². The summed E-state index contributed by atoms with van der Waals surface area (Å²) in [5, 5.41) is 0. The van der Waals surface area contributed by atoms with Crippen molar-refractivity contribution in [3.8, 4) is 0 Å². The van der Waals surface area contributed by atoms with Crippen molar-refractivity contribution >= 4 is 5.91 Å². The number of carbonyl (C=O) groups is 1. The number of hydrogen-bond donors (Lipinski definition) is 0. The smallest absolute Gasteiger partial charge is 0.222 e. The van der Waals surface area contributed by atoms with Crippen LogP contribution in [-0.2, 0) is 11.3 Å². The van der Waals surface area contributed by atoms with Gasteiger partial charge in [-0.15, -0.1) is 0 Å². The summed E-state index contributed by atoms with van der Waals surface area (Å²) in [6.07, 6.45) is 2.87. The van der Waals surface area contributed by atoms with E-state index in [-0.39, 0.29) is 5.91 Å². The fourth-order valence-corrected chi connectivity index (χ4v) is 1.75. The first-order valence-electron chi connectivity index (χ1n) is 5.55. The third kappa shape index (κ3) is 2.41. The summed E-state index contributed by atoms with van der Waals surface area (Å²) in [6, 6.07) is 4.35. The Morgan fingerprint density at radius 2 is 2.27 bits per heavy atom. The van der Waals surface area contributed by atoms with Crippen molar-refractivity contribution in [2.75, 3.05) is 0 Å². The molecule has 2 rings (SSSR count). The van der Waals surface area contributed by atoms with Crippen LogP contribution in [0.5, 0.6) is 0 Å². The molecule has 82 valence electrons. The van der Waals surface area contributed by atoms with Gasteiger partial charge in [0.15, 0.2) is 0 Å². The minimum Gasteiger partial charge on any atom is -0.464 e. The lowest BCUT2D eigenvalue weighted by Gasteiger charge is -2.20. The van der Waals surface area contributed by atoms with Gasteiger partial charge in [0, 0.05) is 12.5 Å². The predicted molar refractivity (Wildman–Crippen MR) is 57.3 cm³/mol. The second kappa shape index (κ2) is 4.09. The molecule has 0 aliphatic heterocycles. The summed E-state index contributed by atoms with van der Waals surface area (Å²) in [6.45, 7) is 4.46. The van der Waals surface area contributed by atoms with Gasteiger partial charge in [-0.05, 0) is 31.9 Å².